The highest BCUT2D eigenvalue weighted by Gasteiger charge is 2.22. The molecule has 35 heavy (non-hydrogen) atoms. The van der Waals surface area contributed by atoms with E-state index in [4.69, 9.17) is 10.5 Å². The monoisotopic (exact) mass is 524 g/mol. The van der Waals surface area contributed by atoms with Crippen LogP contribution in [0, 0.1) is 12.7 Å². The standard InChI is InChI=1S/C23H25FN4O5S.ClH/c1-13-9-15(34(31,32)8-7-20(29)28(2)3)11-16-21(13)26-12-17(23(25)30)22(16)27-14-5-6-18(24)19(10-14)33-4;/h5-6,9-12H,7-8H2,1-4H3,(H2,25,30)(H,26,27);1H. The number of ether oxygens (including phenoxy) is 1. The number of benzene rings is 2. The average molecular weight is 525 g/mol. The van der Waals surface area contributed by atoms with E-state index in [1.807, 2.05) is 0 Å². The van der Waals surface area contributed by atoms with E-state index in [0.717, 1.165) is 0 Å². The number of nitrogens with one attached hydrogen (secondary N) is 1. The van der Waals surface area contributed by atoms with Crippen molar-refractivity contribution in [2.75, 3.05) is 32.3 Å². The molecule has 0 aliphatic rings. The predicted octanol–water partition coefficient (Wildman–Crippen LogP) is 3.21. The Morgan fingerprint density at radius 2 is 1.89 bits per heavy atom. The highest BCUT2D eigenvalue weighted by atomic mass is 35.5. The lowest BCUT2D eigenvalue weighted by atomic mass is 10.1. The molecule has 0 radical (unpaired) electrons. The molecule has 12 heteroatoms. The van der Waals surface area contributed by atoms with Crippen molar-refractivity contribution in [2.24, 2.45) is 5.73 Å². The van der Waals surface area contributed by atoms with Crippen molar-refractivity contribution in [3.63, 3.8) is 0 Å². The van der Waals surface area contributed by atoms with E-state index in [-0.39, 0.29) is 52.4 Å². The van der Waals surface area contributed by atoms with Crippen LogP contribution in [0.3, 0.4) is 0 Å². The van der Waals surface area contributed by atoms with Crippen LogP contribution < -0.4 is 15.8 Å². The Morgan fingerprint density at radius 3 is 2.49 bits per heavy atom. The van der Waals surface area contributed by atoms with Crippen LogP contribution >= 0.6 is 12.4 Å². The van der Waals surface area contributed by atoms with E-state index >= 15 is 0 Å². The van der Waals surface area contributed by atoms with Gasteiger partial charge in [0.2, 0.25) is 5.91 Å². The van der Waals surface area contributed by atoms with Gasteiger partial charge in [0.15, 0.2) is 21.4 Å². The molecule has 3 rings (SSSR count). The van der Waals surface area contributed by atoms with Crippen molar-refractivity contribution >= 4 is 56.3 Å². The number of rotatable bonds is 8. The van der Waals surface area contributed by atoms with Gasteiger partial charge in [-0.1, -0.05) is 0 Å². The van der Waals surface area contributed by atoms with E-state index in [2.05, 4.69) is 10.3 Å². The molecule has 3 aromatic rings. The molecular weight excluding hydrogens is 499 g/mol. The van der Waals surface area contributed by atoms with Crippen LogP contribution in [0.2, 0.25) is 0 Å². The summed E-state index contributed by atoms with van der Waals surface area (Å²) in [4.78, 5) is 29.6. The number of sulfone groups is 1. The third kappa shape index (κ3) is 5.98. The summed E-state index contributed by atoms with van der Waals surface area (Å²) >= 11 is 0. The first-order valence-corrected chi connectivity index (χ1v) is 11.9. The number of hydrogen-bond acceptors (Lipinski definition) is 7. The number of fused-ring (bicyclic) bond motifs is 1. The van der Waals surface area contributed by atoms with Crippen LogP contribution in [0.5, 0.6) is 5.75 Å². The molecule has 3 N–H and O–H groups in total. The summed E-state index contributed by atoms with van der Waals surface area (Å²) in [5, 5.41) is 3.36. The van der Waals surface area contributed by atoms with Crippen molar-refractivity contribution in [3.05, 3.63) is 53.5 Å². The average Bonchev–Trinajstić information content (AvgIpc) is 2.78. The SMILES string of the molecule is COc1cc(Nc2c(C(N)=O)cnc3c(C)cc(S(=O)(=O)CCC(=O)N(C)C)cc23)ccc1F.Cl. The molecule has 2 amide bonds. The summed E-state index contributed by atoms with van der Waals surface area (Å²) in [6.07, 6.45) is 1.12. The summed E-state index contributed by atoms with van der Waals surface area (Å²) in [7, 11) is 0.589. The first-order valence-electron chi connectivity index (χ1n) is 10.2. The number of nitrogens with zero attached hydrogens (tertiary/aromatic N) is 2. The fourth-order valence-electron chi connectivity index (χ4n) is 3.39. The van der Waals surface area contributed by atoms with Crippen molar-refractivity contribution < 1.29 is 27.1 Å². The Morgan fingerprint density at radius 1 is 1.20 bits per heavy atom. The minimum atomic E-state index is -3.83. The molecule has 0 aliphatic heterocycles. The van der Waals surface area contributed by atoms with Crippen molar-refractivity contribution in [1.82, 2.24) is 9.88 Å². The van der Waals surface area contributed by atoms with Crippen LogP contribution in [0.25, 0.3) is 10.9 Å². The van der Waals surface area contributed by atoms with Gasteiger partial charge in [-0.2, -0.15) is 0 Å². The quantitative estimate of drug-likeness (QED) is 0.462. The second-order valence-electron chi connectivity index (χ2n) is 7.88. The molecule has 0 fully saturated rings. The maximum Gasteiger partial charge on any atom is 0.252 e. The van der Waals surface area contributed by atoms with Gasteiger partial charge in [-0.25, -0.2) is 12.8 Å². The number of carbonyl (C=O) groups is 2. The van der Waals surface area contributed by atoms with Crippen LogP contribution in [0.1, 0.15) is 22.3 Å². The number of methoxy groups -OCH3 is 1. The lowest BCUT2D eigenvalue weighted by Gasteiger charge is -2.16. The van der Waals surface area contributed by atoms with Crippen molar-refractivity contribution in [1.29, 1.82) is 0 Å². The normalized spacial score (nSPS) is 11.0. The lowest BCUT2D eigenvalue weighted by molar-refractivity contribution is -0.128. The Hall–Kier alpha value is -3.44. The minimum absolute atomic E-state index is 0. The maximum atomic E-state index is 13.9. The molecule has 1 heterocycles. The second kappa shape index (κ2) is 10.9. The number of primary amides is 1. The van der Waals surface area contributed by atoms with Gasteiger partial charge in [-0.3, -0.25) is 14.6 Å². The van der Waals surface area contributed by atoms with Gasteiger partial charge in [0, 0.05) is 43.9 Å². The van der Waals surface area contributed by atoms with E-state index in [1.54, 1.807) is 21.0 Å². The Bertz CT molecular complexity index is 1400. The Kier molecular flexibility index (Phi) is 8.64. The van der Waals surface area contributed by atoms with Crippen LogP contribution in [0.4, 0.5) is 15.8 Å². The number of amides is 2. The molecule has 1 aromatic heterocycles. The van der Waals surface area contributed by atoms with Crippen LogP contribution in [-0.4, -0.2) is 57.1 Å². The van der Waals surface area contributed by atoms with Gasteiger partial charge in [0.25, 0.3) is 5.91 Å². The van der Waals surface area contributed by atoms with Gasteiger partial charge in [-0.05, 0) is 36.8 Å². The zero-order valence-electron chi connectivity index (χ0n) is 19.6. The first kappa shape index (κ1) is 27.8. The predicted molar refractivity (Wildman–Crippen MR) is 134 cm³/mol. The molecule has 0 atom stereocenters. The van der Waals surface area contributed by atoms with E-state index in [0.29, 0.717) is 22.2 Å². The zero-order valence-corrected chi connectivity index (χ0v) is 21.2. The van der Waals surface area contributed by atoms with Gasteiger partial charge in [-0.15, -0.1) is 12.4 Å². The maximum absolute atomic E-state index is 13.9. The van der Waals surface area contributed by atoms with E-state index in [1.165, 1.54) is 48.5 Å². The molecule has 0 saturated heterocycles. The molecule has 188 valence electrons. The van der Waals surface area contributed by atoms with Gasteiger partial charge in [0.1, 0.15) is 0 Å². The molecule has 2 aromatic carbocycles. The van der Waals surface area contributed by atoms with E-state index < -0.39 is 21.6 Å². The van der Waals surface area contributed by atoms with E-state index in [9.17, 15) is 22.4 Å². The fraction of sp³-hybridized carbons (Fsp3) is 0.261. The molecule has 0 saturated carbocycles. The van der Waals surface area contributed by atoms with Crippen molar-refractivity contribution in [2.45, 2.75) is 18.2 Å². The van der Waals surface area contributed by atoms with Gasteiger partial charge in [0.05, 0.1) is 34.5 Å². The topological polar surface area (TPSA) is 132 Å². The highest BCUT2D eigenvalue weighted by molar-refractivity contribution is 7.91. The number of anilines is 2. The second-order valence-corrected chi connectivity index (χ2v) is 9.99. The molecule has 0 aliphatic carbocycles. The summed E-state index contributed by atoms with van der Waals surface area (Å²) < 4.78 is 44.9. The summed E-state index contributed by atoms with van der Waals surface area (Å²) in [5.74, 6) is -2.07. The van der Waals surface area contributed by atoms with Gasteiger partial charge < -0.3 is 20.7 Å². The van der Waals surface area contributed by atoms with Crippen molar-refractivity contribution in [3.8, 4) is 5.75 Å². The summed E-state index contributed by atoms with van der Waals surface area (Å²) in [6.45, 7) is 1.69. The molecule has 0 unspecified atom stereocenters. The first-order chi connectivity index (χ1) is 15.9. The van der Waals surface area contributed by atoms with Gasteiger partial charge >= 0.3 is 0 Å². The third-order valence-electron chi connectivity index (χ3n) is 5.26. The highest BCUT2D eigenvalue weighted by Crippen LogP contribution is 2.34. The van der Waals surface area contributed by atoms with Crippen LogP contribution in [0.15, 0.2) is 41.4 Å². The lowest BCUT2D eigenvalue weighted by Crippen LogP contribution is -2.24. The number of carbonyl (C=O) groups excluding carboxylic acids is 2. The van der Waals surface area contributed by atoms with Crippen LogP contribution in [-0.2, 0) is 14.6 Å². The number of nitrogens with two attached hydrogens (primary N) is 1. The number of halogens is 2. The largest absolute Gasteiger partial charge is 0.494 e. The number of hydrogen-bond donors (Lipinski definition) is 2. The molecular formula is C23H26ClFN4O5S. The summed E-state index contributed by atoms with van der Waals surface area (Å²) in [5.41, 5.74) is 7.17. The third-order valence-corrected chi connectivity index (χ3v) is 6.96. The zero-order chi connectivity index (χ0) is 25.2. The molecule has 0 spiro atoms. The Balaban J connectivity index is 0.00000432. The number of pyridine rings is 1. The number of aromatic nitrogens is 1. The minimum Gasteiger partial charge on any atom is -0.494 e. The smallest absolute Gasteiger partial charge is 0.252 e. The molecule has 9 nitrogen and oxygen atoms in total. The fourth-order valence-corrected chi connectivity index (χ4v) is 4.73. The number of aryl methyl sites for hydroxylation is 1. The summed E-state index contributed by atoms with van der Waals surface area (Å²) in [6, 6.07) is 6.89. The molecule has 0 bridgehead atoms. The Labute approximate surface area is 208 Å².